The molecule has 0 spiro atoms. The van der Waals surface area contributed by atoms with Gasteiger partial charge in [0.05, 0.1) is 0 Å². The first kappa shape index (κ1) is 17.8. The van der Waals surface area contributed by atoms with E-state index in [9.17, 15) is 35.9 Å². The van der Waals surface area contributed by atoms with Crippen LogP contribution in [0.15, 0.2) is 30.3 Å². The van der Waals surface area contributed by atoms with Gasteiger partial charge in [-0.05, 0) is 0 Å². The molecule has 0 aromatic heterocycles. The lowest BCUT2D eigenvalue weighted by molar-refractivity contribution is -0.366. The number of esters is 1. The minimum atomic E-state index is -5.44. The van der Waals surface area contributed by atoms with Crippen LogP contribution in [0.1, 0.15) is 11.9 Å². The van der Waals surface area contributed by atoms with E-state index in [4.69, 9.17) is 0 Å². The molecule has 0 aliphatic heterocycles. The van der Waals surface area contributed by atoms with Crippen molar-refractivity contribution in [2.24, 2.45) is 0 Å². The molecule has 11 heteroatoms. The van der Waals surface area contributed by atoms with E-state index in [2.05, 4.69) is 14.5 Å². The molecule has 0 saturated heterocycles. The summed E-state index contributed by atoms with van der Waals surface area (Å²) in [6.45, 7) is 0. The van der Waals surface area contributed by atoms with Crippen LogP contribution in [-0.2, 0) is 24.1 Å². The van der Waals surface area contributed by atoms with Gasteiger partial charge in [-0.25, -0.2) is 9.59 Å². The van der Waals surface area contributed by atoms with Crippen LogP contribution in [0.5, 0.6) is 0 Å². The fraction of sp³-hybridized carbons (Fsp3) is 0.273. The molecule has 0 amide bonds. The highest BCUT2D eigenvalue weighted by molar-refractivity contribution is 5.76. The van der Waals surface area contributed by atoms with Crippen LogP contribution in [-0.4, -0.2) is 24.3 Å². The van der Waals surface area contributed by atoms with Crippen LogP contribution in [0.3, 0.4) is 0 Å². The SMILES string of the molecule is O=C(OOC(OC(=O)C(F)(F)F)c1ccccc1)C(F)(F)F. The van der Waals surface area contributed by atoms with Crippen molar-refractivity contribution >= 4 is 11.9 Å². The summed E-state index contributed by atoms with van der Waals surface area (Å²) in [6, 6.07) is 6.14. The largest absolute Gasteiger partial charge is 0.494 e. The molecular formula is C11H6F6O5. The molecule has 1 unspecified atom stereocenters. The van der Waals surface area contributed by atoms with Crippen molar-refractivity contribution in [3.05, 3.63) is 35.9 Å². The highest BCUT2D eigenvalue weighted by Gasteiger charge is 2.45. The molecule has 0 heterocycles. The van der Waals surface area contributed by atoms with Crippen LogP contribution in [0.25, 0.3) is 0 Å². The van der Waals surface area contributed by atoms with Crippen molar-refractivity contribution in [1.29, 1.82) is 0 Å². The lowest BCUT2D eigenvalue weighted by atomic mass is 10.2. The maximum Gasteiger partial charge on any atom is 0.494 e. The number of alkyl halides is 6. The van der Waals surface area contributed by atoms with E-state index in [1.807, 2.05) is 0 Å². The molecule has 0 aliphatic rings. The molecule has 1 rings (SSSR count). The average Bonchev–Trinajstić information content (AvgIpc) is 2.41. The van der Waals surface area contributed by atoms with Gasteiger partial charge in [-0.1, -0.05) is 30.3 Å². The molecule has 1 aromatic carbocycles. The summed E-state index contributed by atoms with van der Waals surface area (Å²) in [5.41, 5.74) is -0.282. The molecule has 122 valence electrons. The van der Waals surface area contributed by atoms with E-state index in [1.54, 1.807) is 0 Å². The summed E-state index contributed by atoms with van der Waals surface area (Å²) in [6.07, 6.45) is -13.2. The second kappa shape index (κ2) is 6.64. The Labute approximate surface area is 118 Å². The fourth-order valence-corrected chi connectivity index (χ4v) is 1.05. The third-order valence-electron chi connectivity index (χ3n) is 1.96. The quantitative estimate of drug-likeness (QED) is 0.279. The van der Waals surface area contributed by atoms with Gasteiger partial charge in [0.15, 0.2) is 0 Å². The van der Waals surface area contributed by atoms with Crippen LogP contribution in [0, 0.1) is 0 Å². The smallest absolute Gasteiger partial charge is 0.421 e. The Kier molecular flexibility index (Phi) is 5.36. The Bertz CT molecular complexity index is 524. The minimum Gasteiger partial charge on any atom is -0.421 e. The number of benzene rings is 1. The first-order valence-electron chi connectivity index (χ1n) is 5.29. The second-order valence-electron chi connectivity index (χ2n) is 3.61. The highest BCUT2D eigenvalue weighted by Crippen LogP contribution is 2.26. The molecule has 22 heavy (non-hydrogen) atoms. The number of ether oxygens (including phenoxy) is 1. The average molecular weight is 332 g/mol. The van der Waals surface area contributed by atoms with Crippen LogP contribution < -0.4 is 0 Å². The minimum absolute atomic E-state index is 0.282. The molecule has 0 bridgehead atoms. The van der Waals surface area contributed by atoms with Crippen molar-refractivity contribution in [2.45, 2.75) is 18.6 Å². The summed E-state index contributed by atoms with van der Waals surface area (Å²) >= 11 is 0. The molecule has 1 atom stereocenters. The number of halogens is 6. The Morgan fingerprint density at radius 1 is 0.864 bits per heavy atom. The first-order valence-corrected chi connectivity index (χ1v) is 5.29. The lowest BCUT2D eigenvalue weighted by Gasteiger charge is -2.18. The Balaban J connectivity index is 2.85. The van der Waals surface area contributed by atoms with Gasteiger partial charge in [-0.15, -0.1) is 4.89 Å². The van der Waals surface area contributed by atoms with Gasteiger partial charge in [0.2, 0.25) is 0 Å². The van der Waals surface area contributed by atoms with Crippen molar-refractivity contribution in [2.75, 3.05) is 0 Å². The van der Waals surface area contributed by atoms with E-state index >= 15 is 0 Å². The van der Waals surface area contributed by atoms with Crippen LogP contribution >= 0.6 is 0 Å². The van der Waals surface area contributed by atoms with Gasteiger partial charge < -0.3 is 4.74 Å². The molecular weight excluding hydrogens is 326 g/mol. The third-order valence-corrected chi connectivity index (χ3v) is 1.96. The maximum absolute atomic E-state index is 12.1. The van der Waals surface area contributed by atoms with Crippen molar-refractivity contribution in [1.82, 2.24) is 0 Å². The van der Waals surface area contributed by atoms with Crippen LogP contribution in [0.2, 0.25) is 0 Å². The van der Waals surface area contributed by atoms with Crippen molar-refractivity contribution in [3.63, 3.8) is 0 Å². The summed E-state index contributed by atoms with van der Waals surface area (Å²) in [5.74, 6) is -5.55. The molecule has 1 aromatic rings. The van der Waals surface area contributed by atoms with Gasteiger partial charge in [0, 0.05) is 5.56 Å². The van der Waals surface area contributed by atoms with E-state index in [0.29, 0.717) is 0 Å². The predicted molar refractivity (Wildman–Crippen MR) is 54.6 cm³/mol. The molecule has 5 nitrogen and oxygen atoms in total. The standard InChI is InChI=1S/C11H6F6O5/c12-10(13,14)8(18)20-7(6-4-2-1-3-5-6)21-22-9(19)11(15,16)17/h1-5,7H. The summed E-state index contributed by atoms with van der Waals surface area (Å²) in [5, 5.41) is 0. The van der Waals surface area contributed by atoms with E-state index < -0.39 is 30.6 Å². The molecule has 0 radical (unpaired) electrons. The topological polar surface area (TPSA) is 61.8 Å². The van der Waals surface area contributed by atoms with Crippen LogP contribution in [0.4, 0.5) is 26.3 Å². The highest BCUT2D eigenvalue weighted by atomic mass is 19.4. The molecule has 0 fully saturated rings. The zero-order chi connectivity index (χ0) is 17.0. The number of rotatable bonds is 4. The van der Waals surface area contributed by atoms with Gasteiger partial charge >= 0.3 is 24.3 Å². The lowest BCUT2D eigenvalue weighted by Crippen LogP contribution is -2.30. The second-order valence-corrected chi connectivity index (χ2v) is 3.61. The Hall–Kier alpha value is -2.30. The van der Waals surface area contributed by atoms with Gasteiger partial charge in [0.1, 0.15) is 0 Å². The van der Waals surface area contributed by atoms with E-state index in [-0.39, 0.29) is 5.56 Å². The Morgan fingerprint density at radius 2 is 1.36 bits per heavy atom. The van der Waals surface area contributed by atoms with Gasteiger partial charge in [-0.2, -0.15) is 26.3 Å². The summed E-state index contributed by atoms with van der Waals surface area (Å²) in [4.78, 5) is 28.3. The first-order chi connectivity index (χ1) is 10.0. The van der Waals surface area contributed by atoms with E-state index in [1.165, 1.54) is 18.2 Å². The van der Waals surface area contributed by atoms with E-state index in [0.717, 1.165) is 12.1 Å². The fourth-order valence-electron chi connectivity index (χ4n) is 1.05. The Morgan fingerprint density at radius 3 is 1.82 bits per heavy atom. The molecule has 0 aliphatic carbocycles. The monoisotopic (exact) mass is 332 g/mol. The maximum atomic E-state index is 12.1. The summed E-state index contributed by atoms with van der Waals surface area (Å²) < 4.78 is 75.9. The molecule has 0 N–H and O–H groups in total. The third kappa shape index (κ3) is 5.24. The number of carbonyl (C=O) groups is 2. The molecule has 0 saturated carbocycles. The number of hydrogen-bond acceptors (Lipinski definition) is 5. The van der Waals surface area contributed by atoms with Gasteiger partial charge in [-0.3, -0.25) is 4.89 Å². The van der Waals surface area contributed by atoms with Crippen molar-refractivity contribution in [3.8, 4) is 0 Å². The van der Waals surface area contributed by atoms with Crippen molar-refractivity contribution < 1.29 is 50.4 Å². The zero-order valence-electron chi connectivity index (χ0n) is 10.3. The number of hydrogen-bond donors (Lipinski definition) is 0. The normalized spacial score (nSPS) is 13.4. The van der Waals surface area contributed by atoms with Gasteiger partial charge in [0.25, 0.3) is 6.29 Å². The summed E-state index contributed by atoms with van der Waals surface area (Å²) in [7, 11) is 0. The number of carbonyl (C=O) groups excluding carboxylic acids is 2. The predicted octanol–water partition coefficient (Wildman–Crippen LogP) is 2.83. The zero-order valence-corrected chi connectivity index (χ0v) is 10.3.